The maximum atomic E-state index is 12.9. The molecule has 0 atom stereocenters. The summed E-state index contributed by atoms with van der Waals surface area (Å²) in [7, 11) is 0. The van der Waals surface area contributed by atoms with Crippen LogP contribution in [-0.4, -0.2) is 59.7 Å². The average molecular weight is 373 g/mol. The zero-order valence-electron chi connectivity index (χ0n) is 16.6. The van der Waals surface area contributed by atoms with Gasteiger partial charge in [-0.25, -0.2) is 4.99 Å². The maximum Gasteiger partial charge on any atom is 0.254 e. The van der Waals surface area contributed by atoms with E-state index in [1.54, 1.807) is 11.1 Å². The van der Waals surface area contributed by atoms with E-state index in [4.69, 9.17) is 0 Å². The topological polar surface area (TPSA) is 65.0 Å². The van der Waals surface area contributed by atoms with Crippen molar-refractivity contribution in [2.24, 2.45) is 4.99 Å². The number of nitrogens with one attached hydrogen (secondary N) is 1. The molecule has 148 valence electrons. The fraction of sp³-hybridized carbons (Fsp3) is 0.571. The first-order valence-corrected chi connectivity index (χ1v) is 9.97. The standard InChI is InChI=1S/C21H32N4O2/c1-4-7-11-18(21(27)23-17-9-8-10-17)20(22-12-5-2)25-15-13-24(14-16-25)19(26)6-3/h5-6,11-12,17H,3-4,7-10,13-16H2,1-2H3,(H,23,27)/b12-5-,18-11-,22-20+. The van der Waals surface area contributed by atoms with Gasteiger partial charge in [0.25, 0.3) is 5.91 Å². The smallest absolute Gasteiger partial charge is 0.254 e. The van der Waals surface area contributed by atoms with Crippen molar-refractivity contribution >= 4 is 17.6 Å². The predicted molar refractivity (Wildman–Crippen MR) is 109 cm³/mol. The zero-order valence-corrected chi connectivity index (χ0v) is 16.6. The van der Waals surface area contributed by atoms with Crippen molar-refractivity contribution in [3.05, 3.63) is 36.6 Å². The van der Waals surface area contributed by atoms with Crippen LogP contribution in [0.5, 0.6) is 0 Å². The SMILES string of the molecule is C=CC(=O)N1CCN(C(=N/C=C\C)/C(=C/CCC)C(=O)NC2CCC2)CC1. The number of hydrogen-bond acceptors (Lipinski definition) is 3. The molecule has 1 heterocycles. The lowest BCUT2D eigenvalue weighted by Crippen LogP contribution is -2.52. The lowest BCUT2D eigenvalue weighted by Gasteiger charge is -2.37. The Morgan fingerprint density at radius 3 is 2.37 bits per heavy atom. The zero-order chi connectivity index (χ0) is 19.6. The van der Waals surface area contributed by atoms with Gasteiger partial charge in [0.05, 0.1) is 5.57 Å². The van der Waals surface area contributed by atoms with Crippen LogP contribution in [0.25, 0.3) is 0 Å². The van der Waals surface area contributed by atoms with Crippen molar-refractivity contribution in [2.45, 2.75) is 52.0 Å². The first-order valence-electron chi connectivity index (χ1n) is 9.97. The molecule has 1 saturated carbocycles. The van der Waals surface area contributed by atoms with Crippen molar-refractivity contribution in [3.8, 4) is 0 Å². The highest BCUT2D eigenvalue weighted by Crippen LogP contribution is 2.19. The van der Waals surface area contributed by atoms with Gasteiger partial charge in [0, 0.05) is 38.4 Å². The summed E-state index contributed by atoms with van der Waals surface area (Å²) in [6.45, 7) is 10.1. The molecule has 1 saturated heterocycles. The lowest BCUT2D eigenvalue weighted by molar-refractivity contribution is -0.127. The van der Waals surface area contributed by atoms with E-state index >= 15 is 0 Å². The highest BCUT2D eigenvalue weighted by molar-refractivity contribution is 6.20. The van der Waals surface area contributed by atoms with E-state index in [0.29, 0.717) is 37.6 Å². The molecular weight excluding hydrogens is 340 g/mol. The summed E-state index contributed by atoms with van der Waals surface area (Å²) in [6, 6.07) is 0.285. The van der Waals surface area contributed by atoms with Gasteiger partial charge in [-0.05, 0) is 38.7 Å². The van der Waals surface area contributed by atoms with Crippen LogP contribution in [0, 0.1) is 0 Å². The Morgan fingerprint density at radius 1 is 1.19 bits per heavy atom. The first kappa shape index (κ1) is 20.9. The molecular formula is C21H32N4O2. The van der Waals surface area contributed by atoms with Crippen LogP contribution in [0.3, 0.4) is 0 Å². The molecule has 0 aromatic heterocycles. The van der Waals surface area contributed by atoms with E-state index in [1.807, 2.05) is 19.1 Å². The largest absolute Gasteiger partial charge is 0.352 e. The molecule has 2 amide bonds. The molecule has 1 aliphatic heterocycles. The molecule has 27 heavy (non-hydrogen) atoms. The molecule has 2 aliphatic rings. The molecule has 0 spiro atoms. The minimum atomic E-state index is -0.0499. The highest BCUT2D eigenvalue weighted by Gasteiger charge is 2.28. The molecule has 0 radical (unpaired) electrons. The molecule has 1 N–H and O–H groups in total. The van der Waals surface area contributed by atoms with Crippen molar-refractivity contribution in [3.63, 3.8) is 0 Å². The number of carbonyl (C=O) groups excluding carboxylic acids is 2. The van der Waals surface area contributed by atoms with E-state index in [9.17, 15) is 9.59 Å². The van der Waals surface area contributed by atoms with Gasteiger partial charge in [0.15, 0.2) is 0 Å². The van der Waals surface area contributed by atoms with Gasteiger partial charge in [-0.15, -0.1) is 0 Å². The van der Waals surface area contributed by atoms with E-state index < -0.39 is 0 Å². The number of hydrogen-bond donors (Lipinski definition) is 1. The number of carbonyl (C=O) groups is 2. The summed E-state index contributed by atoms with van der Waals surface area (Å²) in [5.41, 5.74) is 0.644. The van der Waals surface area contributed by atoms with E-state index in [1.165, 1.54) is 12.5 Å². The fourth-order valence-corrected chi connectivity index (χ4v) is 3.12. The minimum absolute atomic E-state index is 0.0407. The van der Waals surface area contributed by atoms with Crippen LogP contribution in [-0.2, 0) is 9.59 Å². The van der Waals surface area contributed by atoms with Gasteiger partial charge < -0.3 is 15.1 Å². The molecule has 0 aromatic carbocycles. The second-order valence-corrected chi connectivity index (χ2v) is 6.96. The summed E-state index contributed by atoms with van der Waals surface area (Å²) in [5.74, 6) is 0.608. The summed E-state index contributed by atoms with van der Waals surface area (Å²) in [6.07, 6.45) is 12.0. The third-order valence-electron chi connectivity index (χ3n) is 4.97. The fourth-order valence-electron chi connectivity index (χ4n) is 3.12. The number of amidine groups is 1. The molecule has 2 rings (SSSR count). The number of unbranched alkanes of at least 4 members (excludes halogenated alkanes) is 1. The second-order valence-electron chi connectivity index (χ2n) is 6.96. The average Bonchev–Trinajstić information content (AvgIpc) is 2.66. The molecule has 6 nitrogen and oxygen atoms in total. The molecule has 1 aliphatic carbocycles. The normalized spacial score (nSPS) is 19.2. The van der Waals surface area contributed by atoms with Crippen molar-refractivity contribution < 1.29 is 9.59 Å². The Bertz CT molecular complexity index is 624. The monoisotopic (exact) mass is 372 g/mol. The Hall–Kier alpha value is -2.37. The van der Waals surface area contributed by atoms with E-state index in [-0.39, 0.29) is 17.9 Å². The van der Waals surface area contributed by atoms with Gasteiger partial charge in [0.2, 0.25) is 5.91 Å². The summed E-state index contributed by atoms with van der Waals surface area (Å²) in [4.78, 5) is 33.2. The second kappa shape index (κ2) is 10.7. The van der Waals surface area contributed by atoms with E-state index in [2.05, 4.69) is 28.7 Å². The number of nitrogens with zero attached hydrogens (tertiary/aromatic N) is 3. The number of aliphatic imine (C=N–C) groups is 1. The van der Waals surface area contributed by atoms with Crippen LogP contribution in [0.4, 0.5) is 0 Å². The highest BCUT2D eigenvalue weighted by atomic mass is 16.2. The molecule has 0 unspecified atom stereocenters. The minimum Gasteiger partial charge on any atom is -0.352 e. The Balaban J connectivity index is 2.19. The van der Waals surface area contributed by atoms with Gasteiger partial charge >= 0.3 is 0 Å². The Morgan fingerprint density at radius 2 is 1.85 bits per heavy atom. The van der Waals surface area contributed by atoms with Gasteiger partial charge in [-0.3, -0.25) is 9.59 Å². The number of amides is 2. The number of allylic oxidation sites excluding steroid dienone is 2. The van der Waals surface area contributed by atoms with Gasteiger partial charge in [-0.2, -0.15) is 0 Å². The summed E-state index contributed by atoms with van der Waals surface area (Å²) < 4.78 is 0. The van der Waals surface area contributed by atoms with Crippen LogP contribution < -0.4 is 5.32 Å². The van der Waals surface area contributed by atoms with Gasteiger partial charge in [-0.1, -0.05) is 32.1 Å². The third kappa shape index (κ3) is 5.81. The quantitative estimate of drug-likeness (QED) is 0.424. The number of piperazine rings is 1. The van der Waals surface area contributed by atoms with Crippen molar-refractivity contribution in [1.82, 2.24) is 15.1 Å². The Labute approximate surface area is 162 Å². The van der Waals surface area contributed by atoms with E-state index in [0.717, 1.165) is 25.7 Å². The van der Waals surface area contributed by atoms with Gasteiger partial charge in [0.1, 0.15) is 5.84 Å². The Kier molecular flexibility index (Phi) is 8.30. The number of rotatable bonds is 7. The lowest BCUT2D eigenvalue weighted by atomic mass is 9.92. The molecule has 0 bridgehead atoms. The van der Waals surface area contributed by atoms with Crippen LogP contribution in [0.1, 0.15) is 46.0 Å². The first-order chi connectivity index (χ1) is 13.1. The van der Waals surface area contributed by atoms with Crippen LogP contribution in [0.2, 0.25) is 0 Å². The van der Waals surface area contributed by atoms with Crippen LogP contribution in [0.15, 0.2) is 41.6 Å². The molecule has 0 aromatic rings. The summed E-state index contributed by atoms with van der Waals surface area (Å²) in [5, 5.41) is 3.14. The summed E-state index contributed by atoms with van der Waals surface area (Å²) >= 11 is 0. The maximum absolute atomic E-state index is 12.9. The third-order valence-corrected chi connectivity index (χ3v) is 4.97. The van der Waals surface area contributed by atoms with Crippen molar-refractivity contribution in [1.29, 1.82) is 0 Å². The molecule has 2 fully saturated rings. The van der Waals surface area contributed by atoms with Crippen molar-refractivity contribution in [2.75, 3.05) is 26.2 Å². The molecule has 6 heteroatoms. The van der Waals surface area contributed by atoms with Crippen LogP contribution >= 0.6 is 0 Å². The predicted octanol–water partition coefficient (Wildman–Crippen LogP) is 2.64.